The highest BCUT2D eigenvalue weighted by Crippen LogP contribution is 2.18. The van der Waals surface area contributed by atoms with E-state index in [1.165, 1.54) is 3.57 Å². The van der Waals surface area contributed by atoms with E-state index in [0.717, 1.165) is 37.6 Å². The van der Waals surface area contributed by atoms with E-state index in [2.05, 4.69) is 44.8 Å². The highest BCUT2D eigenvalue weighted by molar-refractivity contribution is 14.1. The first-order chi connectivity index (χ1) is 8.81. The van der Waals surface area contributed by atoms with Crippen LogP contribution in [-0.4, -0.2) is 28.0 Å². The minimum atomic E-state index is 0.579. The fourth-order valence-electron chi connectivity index (χ4n) is 2.13. The van der Waals surface area contributed by atoms with Gasteiger partial charge < -0.3 is 4.74 Å². The summed E-state index contributed by atoms with van der Waals surface area (Å²) in [7, 11) is 0. The van der Waals surface area contributed by atoms with Gasteiger partial charge in [0, 0.05) is 28.2 Å². The molecule has 1 fully saturated rings. The van der Waals surface area contributed by atoms with Crippen LogP contribution in [0.3, 0.4) is 0 Å². The molecule has 1 aromatic heterocycles. The number of aromatic nitrogens is 3. The van der Waals surface area contributed by atoms with Crippen molar-refractivity contribution >= 4 is 22.6 Å². The molecule has 1 unspecified atom stereocenters. The molecule has 3 rings (SSSR count). The lowest BCUT2D eigenvalue weighted by molar-refractivity contribution is 0.181. The van der Waals surface area contributed by atoms with Gasteiger partial charge in [-0.25, -0.2) is 4.98 Å². The van der Waals surface area contributed by atoms with Gasteiger partial charge in [0.05, 0.1) is 6.61 Å². The summed E-state index contributed by atoms with van der Waals surface area (Å²) < 4.78 is 8.50. The molecule has 1 saturated heterocycles. The Morgan fingerprint density at radius 2 is 2.39 bits per heavy atom. The van der Waals surface area contributed by atoms with Crippen LogP contribution in [0.1, 0.15) is 6.42 Å². The molecule has 1 aromatic carbocycles. The molecule has 4 nitrogen and oxygen atoms in total. The first-order valence-electron chi connectivity index (χ1n) is 6.04. The molecule has 0 amide bonds. The van der Waals surface area contributed by atoms with Gasteiger partial charge in [0.25, 0.3) is 0 Å². The van der Waals surface area contributed by atoms with Crippen molar-refractivity contribution in [1.82, 2.24) is 14.8 Å². The molecule has 0 saturated carbocycles. The molecule has 0 N–H and O–H groups in total. The zero-order chi connectivity index (χ0) is 12.4. The van der Waals surface area contributed by atoms with Crippen molar-refractivity contribution in [3.05, 3.63) is 34.2 Å². The van der Waals surface area contributed by atoms with Crippen molar-refractivity contribution in [1.29, 1.82) is 0 Å². The van der Waals surface area contributed by atoms with E-state index in [0.29, 0.717) is 5.92 Å². The molecular formula is C13H14IN3O. The first kappa shape index (κ1) is 12.1. The second-order valence-corrected chi connectivity index (χ2v) is 5.78. The number of rotatable bonds is 3. The Morgan fingerprint density at radius 3 is 3.17 bits per heavy atom. The SMILES string of the molecule is Ic1cccc(-c2ncn(CC3CCOC3)n2)c1. The zero-order valence-corrected chi connectivity index (χ0v) is 12.1. The van der Waals surface area contributed by atoms with E-state index in [1.807, 2.05) is 23.1 Å². The van der Waals surface area contributed by atoms with Crippen LogP contribution in [0.2, 0.25) is 0 Å². The van der Waals surface area contributed by atoms with E-state index >= 15 is 0 Å². The summed E-state index contributed by atoms with van der Waals surface area (Å²) in [6.45, 7) is 2.62. The lowest BCUT2D eigenvalue weighted by Crippen LogP contribution is -2.10. The fourth-order valence-corrected chi connectivity index (χ4v) is 2.68. The number of benzene rings is 1. The highest BCUT2D eigenvalue weighted by Gasteiger charge is 2.17. The van der Waals surface area contributed by atoms with Gasteiger partial charge in [-0.2, -0.15) is 5.10 Å². The molecule has 94 valence electrons. The lowest BCUT2D eigenvalue weighted by Gasteiger charge is -2.05. The molecular weight excluding hydrogens is 341 g/mol. The third-order valence-corrected chi connectivity index (χ3v) is 3.76. The largest absolute Gasteiger partial charge is 0.381 e. The van der Waals surface area contributed by atoms with Gasteiger partial charge in [0.1, 0.15) is 6.33 Å². The monoisotopic (exact) mass is 355 g/mol. The van der Waals surface area contributed by atoms with Crippen molar-refractivity contribution in [2.24, 2.45) is 5.92 Å². The summed E-state index contributed by atoms with van der Waals surface area (Å²) in [5.74, 6) is 1.38. The molecule has 0 spiro atoms. The fraction of sp³-hybridized carbons (Fsp3) is 0.385. The van der Waals surface area contributed by atoms with Gasteiger partial charge >= 0.3 is 0 Å². The predicted molar refractivity (Wildman–Crippen MR) is 77.1 cm³/mol. The molecule has 2 heterocycles. The third-order valence-electron chi connectivity index (χ3n) is 3.09. The Bertz CT molecular complexity index is 535. The summed E-state index contributed by atoms with van der Waals surface area (Å²) in [6.07, 6.45) is 2.94. The maximum Gasteiger partial charge on any atom is 0.181 e. The van der Waals surface area contributed by atoms with E-state index in [1.54, 1.807) is 0 Å². The van der Waals surface area contributed by atoms with Gasteiger partial charge in [0.2, 0.25) is 0 Å². The minimum Gasteiger partial charge on any atom is -0.381 e. The van der Waals surface area contributed by atoms with E-state index in [9.17, 15) is 0 Å². The van der Waals surface area contributed by atoms with Crippen molar-refractivity contribution in [3.8, 4) is 11.4 Å². The van der Waals surface area contributed by atoms with Crippen LogP contribution in [0.4, 0.5) is 0 Å². The van der Waals surface area contributed by atoms with E-state index < -0.39 is 0 Å². The number of hydrogen-bond donors (Lipinski definition) is 0. The molecule has 1 atom stereocenters. The highest BCUT2D eigenvalue weighted by atomic mass is 127. The molecule has 1 aliphatic rings. The number of nitrogens with zero attached hydrogens (tertiary/aromatic N) is 3. The summed E-state index contributed by atoms with van der Waals surface area (Å²) >= 11 is 2.30. The van der Waals surface area contributed by atoms with Crippen molar-refractivity contribution in [2.45, 2.75) is 13.0 Å². The Hall–Kier alpha value is -0.950. The normalized spacial score (nSPS) is 19.3. The number of ether oxygens (including phenoxy) is 1. The van der Waals surface area contributed by atoms with Gasteiger partial charge in [-0.1, -0.05) is 12.1 Å². The molecule has 5 heteroatoms. The van der Waals surface area contributed by atoms with Crippen LogP contribution in [-0.2, 0) is 11.3 Å². The maximum absolute atomic E-state index is 5.37. The number of halogens is 1. The predicted octanol–water partition coefficient (Wildman–Crippen LogP) is 2.59. The van der Waals surface area contributed by atoms with Crippen molar-refractivity contribution < 1.29 is 4.74 Å². The molecule has 2 aromatic rings. The van der Waals surface area contributed by atoms with Crippen molar-refractivity contribution in [3.63, 3.8) is 0 Å². The zero-order valence-electron chi connectivity index (χ0n) is 9.92. The molecule has 1 aliphatic heterocycles. The lowest BCUT2D eigenvalue weighted by atomic mass is 10.1. The summed E-state index contributed by atoms with van der Waals surface area (Å²) in [6, 6.07) is 8.24. The van der Waals surface area contributed by atoms with Gasteiger partial charge in [-0.3, -0.25) is 4.68 Å². The van der Waals surface area contributed by atoms with Crippen LogP contribution < -0.4 is 0 Å². The van der Waals surface area contributed by atoms with Crippen molar-refractivity contribution in [2.75, 3.05) is 13.2 Å². The van der Waals surface area contributed by atoms with Crippen LogP contribution in [0.5, 0.6) is 0 Å². The number of hydrogen-bond acceptors (Lipinski definition) is 3. The standard InChI is InChI=1S/C13H14IN3O/c14-12-3-1-2-11(6-12)13-15-9-17(16-13)7-10-4-5-18-8-10/h1-3,6,9-10H,4-5,7-8H2. The molecule has 18 heavy (non-hydrogen) atoms. The molecule has 0 bridgehead atoms. The maximum atomic E-state index is 5.37. The van der Waals surface area contributed by atoms with E-state index in [4.69, 9.17) is 4.74 Å². The Morgan fingerprint density at radius 1 is 1.44 bits per heavy atom. The van der Waals surface area contributed by atoms with Gasteiger partial charge in [-0.15, -0.1) is 0 Å². The van der Waals surface area contributed by atoms with Gasteiger partial charge in [-0.05, 0) is 41.1 Å². The molecule has 0 aliphatic carbocycles. The summed E-state index contributed by atoms with van der Waals surface area (Å²) in [4.78, 5) is 4.38. The average molecular weight is 355 g/mol. The smallest absolute Gasteiger partial charge is 0.181 e. The third kappa shape index (κ3) is 2.72. The van der Waals surface area contributed by atoms with Crippen LogP contribution in [0, 0.1) is 9.49 Å². The second-order valence-electron chi connectivity index (χ2n) is 4.53. The Labute approximate surface area is 120 Å². The second kappa shape index (κ2) is 5.36. The topological polar surface area (TPSA) is 39.9 Å². The summed E-state index contributed by atoms with van der Waals surface area (Å²) in [5.41, 5.74) is 1.07. The van der Waals surface area contributed by atoms with Crippen LogP contribution in [0.25, 0.3) is 11.4 Å². The minimum absolute atomic E-state index is 0.579. The summed E-state index contributed by atoms with van der Waals surface area (Å²) in [5, 5.41) is 4.53. The first-order valence-corrected chi connectivity index (χ1v) is 7.12. The van der Waals surface area contributed by atoms with E-state index in [-0.39, 0.29) is 0 Å². The molecule has 0 radical (unpaired) electrons. The Kier molecular flexibility index (Phi) is 3.60. The quantitative estimate of drug-likeness (QED) is 0.795. The Balaban J connectivity index is 1.76. The van der Waals surface area contributed by atoms with Crippen LogP contribution in [0.15, 0.2) is 30.6 Å². The average Bonchev–Trinajstić information content (AvgIpc) is 3.01. The van der Waals surface area contributed by atoms with Gasteiger partial charge in [0.15, 0.2) is 5.82 Å². The van der Waals surface area contributed by atoms with Crippen LogP contribution >= 0.6 is 22.6 Å².